The number of anilines is 4. The summed E-state index contributed by atoms with van der Waals surface area (Å²) < 4.78 is 46.8. The van der Waals surface area contributed by atoms with Gasteiger partial charge in [0.15, 0.2) is 5.75 Å². The first-order valence-corrected chi connectivity index (χ1v) is 12.8. The van der Waals surface area contributed by atoms with Crippen LogP contribution in [0, 0.1) is 11.3 Å². The largest absolute Gasteiger partial charge is 0.422 e. The highest BCUT2D eigenvalue weighted by Gasteiger charge is 2.34. The number of alkyl halides is 3. The molecule has 1 aliphatic rings. The number of piperazine rings is 1. The normalized spacial score (nSPS) is 13.6. The second kappa shape index (κ2) is 11.1. The minimum Gasteiger partial charge on any atom is -0.422 e. The molecule has 210 valence electrons. The number of pyridine rings is 1. The molecule has 0 unspecified atom stereocenters. The Morgan fingerprint density at radius 2 is 1.52 bits per heavy atom. The first-order chi connectivity index (χ1) is 20.4. The van der Waals surface area contributed by atoms with Crippen LogP contribution in [-0.4, -0.2) is 56.1 Å². The highest BCUT2D eigenvalue weighted by molar-refractivity contribution is 5.84. The SMILES string of the molecule is N#Cc1ccc(Nc2nc(Oc3cccc4cccnc34)nc(N3CCN(c4ncccn4)CC3)n2)cc1C(F)(F)F. The summed E-state index contributed by atoms with van der Waals surface area (Å²) in [7, 11) is 0. The minimum absolute atomic E-state index is 0.0325. The smallest absolute Gasteiger partial charge is 0.417 e. The molecule has 1 saturated heterocycles. The van der Waals surface area contributed by atoms with Crippen molar-refractivity contribution in [2.75, 3.05) is 41.3 Å². The van der Waals surface area contributed by atoms with Gasteiger partial charge in [0.05, 0.1) is 17.2 Å². The van der Waals surface area contributed by atoms with Gasteiger partial charge in [0, 0.05) is 55.8 Å². The van der Waals surface area contributed by atoms with Crippen LogP contribution in [0.3, 0.4) is 0 Å². The van der Waals surface area contributed by atoms with Gasteiger partial charge in [0.1, 0.15) is 5.52 Å². The molecule has 3 aromatic heterocycles. The molecule has 11 nitrogen and oxygen atoms in total. The van der Waals surface area contributed by atoms with Crippen LogP contribution in [0.5, 0.6) is 11.8 Å². The first kappa shape index (κ1) is 26.6. The molecule has 0 spiro atoms. The van der Waals surface area contributed by atoms with Crippen molar-refractivity contribution in [1.82, 2.24) is 29.9 Å². The fourth-order valence-electron chi connectivity index (χ4n) is 4.49. The van der Waals surface area contributed by atoms with Crippen molar-refractivity contribution in [2.24, 2.45) is 0 Å². The summed E-state index contributed by atoms with van der Waals surface area (Å²) in [5.74, 6) is 1.26. The van der Waals surface area contributed by atoms with Crippen molar-refractivity contribution in [3.63, 3.8) is 0 Å². The maximum atomic E-state index is 13.6. The Kier molecular flexibility index (Phi) is 7.05. The molecule has 1 fully saturated rings. The van der Waals surface area contributed by atoms with Crippen molar-refractivity contribution < 1.29 is 17.9 Å². The number of benzene rings is 2. The van der Waals surface area contributed by atoms with Crippen LogP contribution >= 0.6 is 0 Å². The standard InChI is InChI=1S/C28H21F3N10O/c29-28(30,31)21-16-20(8-7-19(21)17-32)36-24-37-26(41-14-12-40(13-15-41)25-34-10-3-11-35-25)39-27(38-24)42-22-6-1-4-18-5-2-9-33-23(18)22/h1-11,16H,12-15H2,(H,36,37,38,39). The van der Waals surface area contributed by atoms with E-state index in [1.54, 1.807) is 42.9 Å². The summed E-state index contributed by atoms with van der Waals surface area (Å²) in [5.41, 5.74) is -0.920. The molecule has 42 heavy (non-hydrogen) atoms. The van der Waals surface area contributed by atoms with E-state index in [4.69, 9.17) is 10.00 Å². The van der Waals surface area contributed by atoms with Gasteiger partial charge in [-0.15, -0.1) is 0 Å². The molecule has 0 amide bonds. The third-order valence-electron chi connectivity index (χ3n) is 6.50. The number of nitriles is 1. The quantitative estimate of drug-likeness (QED) is 0.297. The summed E-state index contributed by atoms with van der Waals surface area (Å²) in [5, 5.41) is 12.8. The predicted octanol–water partition coefficient (Wildman–Crippen LogP) is 4.96. The van der Waals surface area contributed by atoms with Gasteiger partial charge >= 0.3 is 12.2 Å². The number of hydrogen-bond acceptors (Lipinski definition) is 11. The number of ether oxygens (including phenoxy) is 1. The Labute approximate surface area is 237 Å². The van der Waals surface area contributed by atoms with Crippen LogP contribution in [0.25, 0.3) is 10.9 Å². The maximum absolute atomic E-state index is 13.6. The van der Waals surface area contributed by atoms with Crippen LogP contribution in [-0.2, 0) is 6.18 Å². The highest BCUT2D eigenvalue weighted by Crippen LogP contribution is 2.34. The molecule has 1 aliphatic heterocycles. The van der Waals surface area contributed by atoms with E-state index in [0.29, 0.717) is 43.4 Å². The number of nitrogens with zero attached hydrogens (tertiary/aromatic N) is 9. The molecule has 6 rings (SSSR count). The van der Waals surface area contributed by atoms with E-state index in [-0.39, 0.29) is 23.6 Å². The van der Waals surface area contributed by atoms with Gasteiger partial charge in [-0.2, -0.15) is 33.4 Å². The highest BCUT2D eigenvalue weighted by atomic mass is 19.4. The third kappa shape index (κ3) is 5.66. The minimum atomic E-state index is -4.72. The second-order valence-electron chi connectivity index (χ2n) is 9.19. The lowest BCUT2D eigenvalue weighted by Gasteiger charge is -2.34. The number of hydrogen-bond donors (Lipinski definition) is 1. The summed E-state index contributed by atoms with van der Waals surface area (Å²) in [6.07, 6.45) is 0.278. The van der Waals surface area contributed by atoms with Crippen LogP contribution in [0.15, 0.2) is 73.2 Å². The summed E-state index contributed by atoms with van der Waals surface area (Å²) in [4.78, 5) is 30.3. The van der Waals surface area contributed by atoms with E-state index in [9.17, 15) is 13.2 Å². The fraction of sp³-hybridized carbons (Fsp3) is 0.179. The van der Waals surface area contributed by atoms with E-state index >= 15 is 0 Å². The van der Waals surface area contributed by atoms with Gasteiger partial charge in [0.25, 0.3) is 0 Å². The van der Waals surface area contributed by atoms with E-state index in [1.165, 1.54) is 6.07 Å². The molecule has 0 saturated carbocycles. The van der Waals surface area contributed by atoms with Gasteiger partial charge in [-0.1, -0.05) is 18.2 Å². The Hall–Kier alpha value is -5.58. The Morgan fingerprint density at radius 3 is 2.26 bits per heavy atom. The predicted molar refractivity (Wildman–Crippen MR) is 148 cm³/mol. The fourth-order valence-corrected chi connectivity index (χ4v) is 4.49. The summed E-state index contributed by atoms with van der Waals surface area (Å²) >= 11 is 0. The molecule has 0 bridgehead atoms. The molecule has 4 heterocycles. The molecule has 0 radical (unpaired) electrons. The van der Waals surface area contributed by atoms with E-state index in [1.807, 2.05) is 28.0 Å². The van der Waals surface area contributed by atoms with E-state index in [0.717, 1.165) is 17.5 Å². The summed E-state index contributed by atoms with van der Waals surface area (Å²) in [6.45, 7) is 2.22. The average Bonchev–Trinajstić information content (AvgIpc) is 3.01. The zero-order valence-electron chi connectivity index (χ0n) is 21.8. The maximum Gasteiger partial charge on any atom is 0.417 e. The topological polar surface area (TPSA) is 129 Å². The van der Waals surface area contributed by atoms with Crippen molar-refractivity contribution in [1.29, 1.82) is 5.26 Å². The van der Waals surface area contributed by atoms with Crippen LogP contribution in [0.1, 0.15) is 11.1 Å². The van der Waals surface area contributed by atoms with Gasteiger partial charge in [0.2, 0.25) is 17.8 Å². The van der Waals surface area contributed by atoms with Crippen molar-refractivity contribution in [3.05, 3.63) is 84.3 Å². The number of nitrogens with one attached hydrogen (secondary N) is 1. The molecular formula is C28H21F3N10O. The number of aromatic nitrogens is 6. The lowest BCUT2D eigenvalue weighted by molar-refractivity contribution is -0.137. The monoisotopic (exact) mass is 570 g/mol. The molecular weight excluding hydrogens is 549 g/mol. The van der Waals surface area contributed by atoms with Crippen molar-refractivity contribution >= 4 is 34.4 Å². The van der Waals surface area contributed by atoms with Crippen LogP contribution in [0.2, 0.25) is 0 Å². The number of para-hydroxylation sites is 1. The number of halogens is 3. The van der Waals surface area contributed by atoms with Crippen LogP contribution in [0.4, 0.5) is 36.7 Å². The lowest BCUT2D eigenvalue weighted by Crippen LogP contribution is -2.47. The molecule has 0 aliphatic carbocycles. The van der Waals surface area contributed by atoms with Gasteiger partial charge in [-0.3, -0.25) is 4.98 Å². The molecule has 0 atom stereocenters. The Balaban J connectivity index is 1.33. The van der Waals surface area contributed by atoms with Crippen LogP contribution < -0.4 is 19.9 Å². The second-order valence-corrected chi connectivity index (χ2v) is 9.19. The zero-order chi connectivity index (χ0) is 29.1. The lowest BCUT2D eigenvalue weighted by atomic mass is 10.1. The molecule has 14 heteroatoms. The van der Waals surface area contributed by atoms with E-state index < -0.39 is 17.3 Å². The van der Waals surface area contributed by atoms with Gasteiger partial charge in [-0.25, -0.2) is 9.97 Å². The van der Waals surface area contributed by atoms with Crippen molar-refractivity contribution in [2.45, 2.75) is 6.18 Å². The summed E-state index contributed by atoms with van der Waals surface area (Å²) in [6, 6.07) is 15.7. The Morgan fingerprint density at radius 1 is 0.810 bits per heavy atom. The average molecular weight is 571 g/mol. The van der Waals surface area contributed by atoms with Gasteiger partial charge in [-0.05, 0) is 36.4 Å². The number of fused-ring (bicyclic) bond motifs is 1. The van der Waals surface area contributed by atoms with E-state index in [2.05, 4.69) is 35.2 Å². The molecule has 5 aromatic rings. The molecule has 2 aromatic carbocycles. The number of rotatable bonds is 6. The van der Waals surface area contributed by atoms with Gasteiger partial charge < -0.3 is 19.9 Å². The first-order valence-electron chi connectivity index (χ1n) is 12.8. The zero-order valence-corrected chi connectivity index (χ0v) is 21.8. The third-order valence-corrected chi connectivity index (χ3v) is 6.50. The Bertz CT molecular complexity index is 1770. The van der Waals surface area contributed by atoms with Crippen molar-refractivity contribution in [3.8, 4) is 17.8 Å². The molecule has 1 N–H and O–H groups in total.